The molecule has 0 aliphatic rings. The lowest BCUT2D eigenvalue weighted by Crippen LogP contribution is -2.43. The van der Waals surface area contributed by atoms with Gasteiger partial charge in [0.05, 0.1) is 17.4 Å². The number of hydrogen-bond acceptors (Lipinski definition) is 9. The smallest absolute Gasteiger partial charge is 0.251 e. The predicted octanol–water partition coefficient (Wildman–Crippen LogP) is 7.19. The van der Waals surface area contributed by atoms with Gasteiger partial charge in [0.15, 0.2) is 23.2 Å². The van der Waals surface area contributed by atoms with Crippen molar-refractivity contribution in [3.63, 3.8) is 0 Å². The predicted molar refractivity (Wildman–Crippen MR) is 189 cm³/mol. The number of ketones is 1. The van der Waals surface area contributed by atoms with Gasteiger partial charge in [-0.2, -0.15) is 10.2 Å². The van der Waals surface area contributed by atoms with E-state index in [-0.39, 0.29) is 29.8 Å². The molecule has 0 radical (unpaired) electrons. The number of nitrogens with one attached hydrogen (secondary N) is 2. The Morgan fingerprint density at radius 2 is 1.51 bits per heavy atom. The van der Waals surface area contributed by atoms with Crippen LogP contribution in [0.5, 0.6) is 5.75 Å². The van der Waals surface area contributed by atoms with Gasteiger partial charge in [-0.05, 0) is 110 Å². The second kappa shape index (κ2) is 18.5. The van der Waals surface area contributed by atoms with Crippen LogP contribution in [0.25, 0.3) is 10.4 Å². The van der Waals surface area contributed by atoms with Crippen molar-refractivity contribution in [2.24, 2.45) is 21.1 Å². The monoisotopic (exact) mass is 697 g/mol. The minimum Gasteiger partial charge on any atom is -0.480 e. The molecular formula is C36H37F2N9O4. The Hall–Kier alpha value is -6.18. The van der Waals surface area contributed by atoms with E-state index in [9.17, 15) is 23.2 Å². The molecule has 0 aromatic heterocycles. The number of unbranched alkanes of at least 4 members (excludes halogenated alkanes) is 1. The van der Waals surface area contributed by atoms with E-state index in [1.165, 1.54) is 24.3 Å². The van der Waals surface area contributed by atoms with E-state index in [4.69, 9.17) is 16.0 Å². The van der Waals surface area contributed by atoms with Crippen LogP contribution in [0.1, 0.15) is 45.5 Å². The van der Waals surface area contributed by atoms with E-state index in [1.807, 2.05) is 43.3 Å². The summed E-state index contributed by atoms with van der Waals surface area (Å²) in [6.45, 7) is -0.545. The molecule has 0 bridgehead atoms. The molecule has 0 saturated heterocycles. The first kappa shape index (κ1) is 37.6. The van der Waals surface area contributed by atoms with E-state index in [1.54, 1.807) is 24.3 Å². The van der Waals surface area contributed by atoms with Gasteiger partial charge in [-0.25, -0.2) is 8.78 Å². The Balaban J connectivity index is 1.32. The fourth-order valence-electron chi connectivity index (χ4n) is 4.80. The second-order valence-electron chi connectivity index (χ2n) is 11.5. The van der Waals surface area contributed by atoms with E-state index < -0.39 is 47.6 Å². The molecule has 4 aromatic rings. The highest BCUT2D eigenvalue weighted by Gasteiger charge is 2.23. The molecule has 264 valence electrons. The van der Waals surface area contributed by atoms with Gasteiger partial charge in [0.1, 0.15) is 6.61 Å². The molecule has 1 atom stereocenters. The lowest BCUT2D eigenvalue weighted by Gasteiger charge is -2.18. The van der Waals surface area contributed by atoms with Crippen LogP contribution in [-0.4, -0.2) is 50.9 Å². The molecular weight excluding hydrogens is 660 g/mol. The quantitative estimate of drug-likeness (QED) is 0.0453. The Morgan fingerprint density at radius 3 is 2.12 bits per heavy atom. The van der Waals surface area contributed by atoms with Gasteiger partial charge in [-0.3, -0.25) is 14.4 Å². The van der Waals surface area contributed by atoms with Crippen LogP contribution in [0.15, 0.2) is 100 Å². The maximum absolute atomic E-state index is 15.0. The second-order valence-corrected chi connectivity index (χ2v) is 11.5. The van der Waals surface area contributed by atoms with Crippen molar-refractivity contribution in [2.45, 2.75) is 31.8 Å². The lowest BCUT2D eigenvalue weighted by atomic mass is 10.0. The Labute approximate surface area is 293 Å². The lowest BCUT2D eigenvalue weighted by molar-refractivity contribution is -0.123. The number of hydrogen-bond donors (Lipinski definition) is 3. The molecule has 15 heteroatoms. The molecule has 0 fully saturated rings. The van der Waals surface area contributed by atoms with Crippen LogP contribution in [0, 0.1) is 11.6 Å². The Bertz CT molecular complexity index is 1890. The van der Waals surface area contributed by atoms with Crippen molar-refractivity contribution in [1.82, 2.24) is 10.6 Å². The molecule has 0 aliphatic carbocycles. The third kappa shape index (κ3) is 11.2. The van der Waals surface area contributed by atoms with Crippen LogP contribution < -0.4 is 26.0 Å². The molecule has 0 saturated carbocycles. The third-order valence-corrected chi connectivity index (χ3v) is 7.56. The van der Waals surface area contributed by atoms with Gasteiger partial charge in [0, 0.05) is 48.1 Å². The number of rotatable bonds is 17. The molecule has 4 N–H and O–H groups in total. The minimum absolute atomic E-state index is 0.123. The molecule has 0 unspecified atom stereocenters. The maximum atomic E-state index is 15.0. The number of amides is 2. The van der Waals surface area contributed by atoms with E-state index in [0.717, 1.165) is 17.8 Å². The number of benzene rings is 4. The number of ether oxygens (including phenoxy) is 1. The molecule has 0 spiro atoms. The SMILES string of the molecule is CN(C)c1ccc(N=Nc2ccc(C(=O)NCc3cc(F)c(OCC(=O)[C@H](CCCCN)NC(=O)c4cccc(N=[N+]=[N-])c4)c(F)c3)cc2)cc1. The largest absolute Gasteiger partial charge is 0.480 e. The summed E-state index contributed by atoms with van der Waals surface area (Å²) in [5, 5.41) is 17.1. The van der Waals surface area contributed by atoms with Gasteiger partial charge in [-0.15, -0.1) is 0 Å². The van der Waals surface area contributed by atoms with Gasteiger partial charge in [-0.1, -0.05) is 17.2 Å². The molecule has 4 aromatic carbocycles. The highest BCUT2D eigenvalue weighted by atomic mass is 19.1. The topological polar surface area (TPSA) is 187 Å². The number of azide groups is 1. The van der Waals surface area contributed by atoms with E-state index >= 15 is 0 Å². The van der Waals surface area contributed by atoms with Gasteiger partial charge < -0.3 is 26.0 Å². The molecule has 51 heavy (non-hydrogen) atoms. The third-order valence-electron chi connectivity index (χ3n) is 7.56. The van der Waals surface area contributed by atoms with E-state index in [2.05, 4.69) is 30.9 Å². The summed E-state index contributed by atoms with van der Waals surface area (Å²) < 4.78 is 35.2. The number of anilines is 1. The summed E-state index contributed by atoms with van der Waals surface area (Å²) in [5.41, 5.74) is 17.3. The van der Waals surface area contributed by atoms with Crippen LogP contribution in [0.3, 0.4) is 0 Å². The summed E-state index contributed by atoms with van der Waals surface area (Å²) >= 11 is 0. The maximum Gasteiger partial charge on any atom is 0.251 e. The van der Waals surface area contributed by atoms with Crippen molar-refractivity contribution in [2.75, 3.05) is 32.1 Å². The minimum atomic E-state index is -1.07. The fraction of sp³-hybridized carbons (Fsp3) is 0.250. The standard InChI is InChI=1S/C36H37F2N9O4/c1-47(2)29-15-13-27(14-16-29)44-43-26-11-9-24(10-12-26)35(49)41-21-23-18-30(37)34(31(38)19-23)51-22-33(48)32(8-3-4-17-39)42-36(50)25-6-5-7-28(20-25)45-46-40/h5-7,9-16,18-20,32H,3-4,8,17,21-22,39H2,1-2H3,(H,41,49)(H,42,50)/t32-/m0/s1. The summed E-state index contributed by atoms with van der Waals surface area (Å²) in [5.74, 6) is -4.62. The molecule has 4 rings (SSSR count). The van der Waals surface area contributed by atoms with Crippen molar-refractivity contribution in [3.8, 4) is 5.75 Å². The van der Waals surface area contributed by atoms with Crippen molar-refractivity contribution in [1.29, 1.82) is 0 Å². The fourth-order valence-corrected chi connectivity index (χ4v) is 4.80. The Morgan fingerprint density at radius 1 is 0.863 bits per heavy atom. The van der Waals surface area contributed by atoms with Crippen LogP contribution in [0.4, 0.5) is 31.5 Å². The highest BCUT2D eigenvalue weighted by molar-refractivity contribution is 5.98. The van der Waals surface area contributed by atoms with Gasteiger partial charge in [0.25, 0.3) is 11.8 Å². The van der Waals surface area contributed by atoms with Crippen LogP contribution >= 0.6 is 0 Å². The molecule has 0 heterocycles. The van der Waals surface area contributed by atoms with Crippen molar-refractivity contribution >= 4 is 40.3 Å². The van der Waals surface area contributed by atoms with Gasteiger partial charge >= 0.3 is 0 Å². The first-order valence-electron chi connectivity index (χ1n) is 15.9. The summed E-state index contributed by atoms with van der Waals surface area (Å²) in [4.78, 5) is 43.3. The van der Waals surface area contributed by atoms with Crippen molar-refractivity contribution < 1.29 is 27.9 Å². The number of Topliss-reactive ketones (excluding diaryl/α,β-unsaturated/α-hetero) is 1. The Kier molecular flexibility index (Phi) is 13.7. The molecule has 0 aliphatic heterocycles. The normalized spacial score (nSPS) is 11.4. The molecule has 13 nitrogen and oxygen atoms in total. The zero-order chi connectivity index (χ0) is 36.8. The number of carbonyl (C=O) groups excluding carboxylic acids is 3. The zero-order valence-corrected chi connectivity index (χ0v) is 28.1. The molecule has 2 amide bonds. The summed E-state index contributed by atoms with van der Waals surface area (Å²) in [7, 11) is 3.88. The van der Waals surface area contributed by atoms with Crippen LogP contribution in [-0.2, 0) is 11.3 Å². The van der Waals surface area contributed by atoms with Crippen molar-refractivity contribution in [3.05, 3.63) is 124 Å². The number of halogens is 2. The average Bonchev–Trinajstić information content (AvgIpc) is 3.12. The first-order valence-corrected chi connectivity index (χ1v) is 15.9. The van der Waals surface area contributed by atoms with Gasteiger partial charge in [0.2, 0.25) is 0 Å². The number of azo groups is 1. The number of carbonyl (C=O) groups is 3. The zero-order valence-electron chi connectivity index (χ0n) is 28.1. The number of nitrogens with zero attached hydrogens (tertiary/aromatic N) is 6. The first-order chi connectivity index (χ1) is 24.6. The average molecular weight is 698 g/mol. The number of nitrogens with two attached hydrogens (primary N) is 1. The highest BCUT2D eigenvalue weighted by Crippen LogP contribution is 2.25. The van der Waals surface area contributed by atoms with E-state index in [0.29, 0.717) is 36.3 Å². The summed E-state index contributed by atoms with van der Waals surface area (Å²) in [6.07, 6.45) is 1.29. The van der Waals surface area contributed by atoms with Crippen LogP contribution in [0.2, 0.25) is 0 Å². The summed E-state index contributed by atoms with van der Waals surface area (Å²) in [6, 6.07) is 20.7.